The Balaban J connectivity index is 1.97. The number of nitrogens with zero attached hydrogens (tertiary/aromatic N) is 3. The third-order valence-corrected chi connectivity index (χ3v) is 4.23. The molecule has 2 fully saturated rings. The monoisotopic (exact) mass is 261 g/mol. The van der Waals surface area contributed by atoms with Gasteiger partial charge in [-0.25, -0.2) is 15.8 Å². The summed E-state index contributed by atoms with van der Waals surface area (Å²) in [4.78, 5) is 11.7. The highest BCUT2D eigenvalue weighted by atomic mass is 15.3. The first-order chi connectivity index (χ1) is 8.97. The molecule has 3 rings (SSSR count). The van der Waals surface area contributed by atoms with Crippen LogP contribution in [0.4, 0.5) is 11.6 Å². The van der Waals surface area contributed by atoms with E-state index in [2.05, 4.69) is 36.1 Å². The lowest BCUT2D eigenvalue weighted by atomic mass is 9.95. The molecule has 1 saturated heterocycles. The third kappa shape index (κ3) is 2.27. The van der Waals surface area contributed by atoms with Crippen LogP contribution < -0.4 is 16.2 Å². The van der Waals surface area contributed by atoms with Gasteiger partial charge >= 0.3 is 0 Å². The van der Waals surface area contributed by atoms with Gasteiger partial charge in [-0.05, 0) is 25.2 Å². The van der Waals surface area contributed by atoms with E-state index in [-0.39, 0.29) is 5.41 Å². The average Bonchev–Trinajstić information content (AvgIpc) is 2.99. The normalized spacial score (nSPS) is 26.0. The molecular formula is C14H23N5. The molecule has 104 valence electrons. The number of nitrogens with one attached hydrogen (secondary N) is 1. The zero-order chi connectivity index (χ0) is 13.6. The number of hydrazine groups is 1. The molecule has 0 radical (unpaired) electrons. The lowest BCUT2D eigenvalue weighted by Gasteiger charge is -2.29. The molecule has 2 unspecified atom stereocenters. The first-order valence-corrected chi connectivity index (χ1v) is 7.10. The molecule has 1 aromatic heterocycles. The summed E-state index contributed by atoms with van der Waals surface area (Å²) in [5.74, 6) is 8.98. The van der Waals surface area contributed by atoms with E-state index in [9.17, 15) is 0 Å². The Hall–Kier alpha value is -1.36. The van der Waals surface area contributed by atoms with Crippen molar-refractivity contribution in [1.82, 2.24) is 9.97 Å². The molecule has 3 N–H and O–H groups in total. The predicted octanol–water partition coefficient (Wildman–Crippen LogP) is 2.05. The summed E-state index contributed by atoms with van der Waals surface area (Å²) in [5, 5.41) is 0. The lowest BCUT2D eigenvalue weighted by Crippen LogP contribution is -2.33. The van der Waals surface area contributed by atoms with E-state index in [0.29, 0.717) is 11.9 Å². The fourth-order valence-electron chi connectivity index (χ4n) is 3.20. The summed E-state index contributed by atoms with van der Waals surface area (Å²) in [6.07, 6.45) is 3.99. The molecule has 1 aliphatic carbocycles. The van der Waals surface area contributed by atoms with Gasteiger partial charge in [-0.2, -0.15) is 0 Å². The molecule has 1 saturated carbocycles. The SMILES string of the molecule is CC(C)(C)c1nc(NN)cc(N2CC3CCC2C3)n1. The molecule has 5 heteroatoms. The Morgan fingerprint density at radius 1 is 1.32 bits per heavy atom. The summed E-state index contributed by atoms with van der Waals surface area (Å²) in [7, 11) is 0. The van der Waals surface area contributed by atoms with Crippen molar-refractivity contribution in [3.63, 3.8) is 0 Å². The second-order valence-electron chi connectivity index (χ2n) is 6.81. The minimum absolute atomic E-state index is 0.0691. The minimum Gasteiger partial charge on any atom is -0.353 e. The van der Waals surface area contributed by atoms with Crippen molar-refractivity contribution in [1.29, 1.82) is 0 Å². The molecule has 0 aromatic carbocycles. The molecule has 1 aliphatic heterocycles. The Labute approximate surface area is 114 Å². The van der Waals surface area contributed by atoms with Crippen LogP contribution in [0, 0.1) is 5.92 Å². The van der Waals surface area contributed by atoms with Crippen LogP contribution in [-0.2, 0) is 5.41 Å². The Bertz CT molecular complexity index is 479. The maximum absolute atomic E-state index is 5.55. The molecule has 0 spiro atoms. The topological polar surface area (TPSA) is 67.1 Å². The number of hydrogen-bond donors (Lipinski definition) is 2. The van der Waals surface area contributed by atoms with Crippen LogP contribution in [0.2, 0.25) is 0 Å². The van der Waals surface area contributed by atoms with Gasteiger partial charge in [-0.15, -0.1) is 0 Å². The van der Waals surface area contributed by atoms with Gasteiger partial charge in [-0.1, -0.05) is 20.8 Å². The quantitative estimate of drug-likeness (QED) is 0.630. The van der Waals surface area contributed by atoms with E-state index in [1.807, 2.05) is 6.07 Å². The van der Waals surface area contributed by atoms with Crippen LogP contribution in [0.15, 0.2) is 6.07 Å². The Kier molecular flexibility index (Phi) is 2.89. The first kappa shape index (κ1) is 12.7. The Morgan fingerprint density at radius 3 is 2.63 bits per heavy atom. The molecule has 5 nitrogen and oxygen atoms in total. The summed E-state index contributed by atoms with van der Waals surface area (Å²) in [6, 6.07) is 2.63. The van der Waals surface area contributed by atoms with Gasteiger partial charge in [0.2, 0.25) is 0 Å². The molecule has 1 aromatic rings. The average molecular weight is 261 g/mol. The summed E-state index contributed by atoms with van der Waals surface area (Å²) >= 11 is 0. The number of fused-ring (bicyclic) bond motifs is 2. The van der Waals surface area contributed by atoms with E-state index in [1.54, 1.807) is 0 Å². The second kappa shape index (κ2) is 4.34. The zero-order valence-electron chi connectivity index (χ0n) is 12.0. The zero-order valence-corrected chi connectivity index (χ0v) is 12.0. The van der Waals surface area contributed by atoms with Gasteiger partial charge in [0, 0.05) is 24.1 Å². The fourth-order valence-corrected chi connectivity index (χ4v) is 3.20. The van der Waals surface area contributed by atoms with E-state index < -0.39 is 0 Å². The molecule has 2 atom stereocenters. The van der Waals surface area contributed by atoms with Crippen molar-refractivity contribution >= 4 is 11.6 Å². The van der Waals surface area contributed by atoms with Gasteiger partial charge in [-0.3, -0.25) is 0 Å². The highest BCUT2D eigenvalue weighted by Crippen LogP contribution is 2.40. The third-order valence-electron chi connectivity index (χ3n) is 4.23. The number of rotatable bonds is 2. The summed E-state index contributed by atoms with van der Waals surface area (Å²) in [6.45, 7) is 7.52. The first-order valence-electron chi connectivity index (χ1n) is 7.10. The number of aromatic nitrogens is 2. The van der Waals surface area contributed by atoms with Crippen molar-refractivity contribution < 1.29 is 0 Å². The molecule has 19 heavy (non-hydrogen) atoms. The molecule has 0 amide bonds. The molecule has 2 aliphatic rings. The highest BCUT2D eigenvalue weighted by Gasteiger charge is 2.38. The Morgan fingerprint density at radius 2 is 2.11 bits per heavy atom. The van der Waals surface area contributed by atoms with Crippen molar-refractivity contribution in [2.24, 2.45) is 11.8 Å². The van der Waals surface area contributed by atoms with Gasteiger partial charge in [0.05, 0.1) is 0 Å². The maximum Gasteiger partial charge on any atom is 0.145 e. The lowest BCUT2D eigenvalue weighted by molar-refractivity contribution is 0.531. The van der Waals surface area contributed by atoms with E-state index in [4.69, 9.17) is 10.8 Å². The maximum atomic E-state index is 5.55. The van der Waals surface area contributed by atoms with Crippen LogP contribution >= 0.6 is 0 Å². The summed E-state index contributed by atoms with van der Waals surface area (Å²) in [5.41, 5.74) is 2.60. The van der Waals surface area contributed by atoms with Crippen LogP contribution in [0.25, 0.3) is 0 Å². The number of nitrogens with two attached hydrogens (primary N) is 1. The number of anilines is 2. The molecular weight excluding hydrogens is 238 g/mol. The van der Waals surface area contributed by atoms with Gasteiger partial charge in [0.25, 0.3) is 0 Å². The summed E-state index contributed by atoms with van der Waals surface area (Å²) < 4.78 is 0. The fraction of sp³-hybridized carbons (Fsp3) is 0.714. The van der Waals surface area contributed by atoms with Crippen molar-refractivity contribution in [2.45, 2.75) is 51.5 Å². The highest BCUT2D eigenvalue weighted by molar-refractivity contribution is 5.51. The number of hydrogen-bond acceptors (Lipinski definition) is 5. The van der Waals surface area contributed by atoms with Gasteiger partial charge < -0.3 is 10.3 Å². The smallest absolute Gasteiger partial charge is 0.145 e. The molecule has 2 heterocycles. The van der Waals surface area contributed by atoms with Crippen molar-refractivity contribution in [3.8, 4) is 0 Å². The van der Waals surface area contributed by atoms with E-state index >= 15 is 0 Å². The van der Waals surface area contributed by atoms with Crippen LogP contribution in [0.3, 0.4) is 0 Å². The van der Waals surface area contributed by atoms with E-state index in [1.165, 1.54) is 19.3 Å². The van der Waals surface area contributed by atoms with Gasteiger partial charge in [0.1, 0.15) is 17.5 Å². The minimum atomic E-state index is -0.0691. The van der Waals surface area contributed by atoms with Crippen molar-refractivity contribution in [2.75, 3.05) is 16.9 Å². The molecule has 2 bridgehead atoms. The second-order valence-corrected chi connectivity index (χ2v) is 6.81. The number of nitrogen functional groups attached to an aromatic ring is 1. The van der Waals surface area contributed by atoms with Crippen LogP contribution in [0.5, 0.6) is 0 Å². The predicted molar refractivity (Wildman–Crippen MR) is 77.0 cm³/mol. The van der Waals surface area contributed by atoms with E-state index in [0.717, 1.165) is 24.1 Å². The van der Waals surface area contributed by atoms with Gasteiger partial charge in [0.15, 0.2) is 0 Å². The van der Waals surface area contributed by atoms with Crippen LogP contribution in [0.1, 0.15) is 45.9 Å². The van der Waals surface area contributed by atoms with Crippen molar-refractivity contribution in [3.05, 3.63) is 11.9 Å². The largest absolute Gasteiger partial charge is 0.353 e. The standard InChI is InChI=1S/C14H23N5/c1-14(2,3)13-16-11(18-15)7-12(17-13)19-8-9-4-5-10(19)6-9/h7,9-10H,4-6,8,15H2,1-3H3,(H,16,17,18). The number of piperidine rings is 1. The van der Waals surface area contributed by atoms with Crippen LogP contribution in [-0.4, -0.2) is 22.6 Å².